The molecule has 2 aromatic carbocycles. The Hall–Kier alpha value is -2.41. The molecule has 0 bridgehead atoms. The fourth-order valence-corrected chi connectivity index (χ4v) is 3.13. The summed E-state index contributed by atoms with van der Waals surface area (Å²) in [6.07, 6.45) is 1.53. The Bertz CT molecular complexity index is 919. The van der Waals surface area contributed by atoms with E-state index in [1.807, 2.05) is 0 Å². The number of H-pyrrole nitrogens is 1. The third-order valence-corrected chi connectivity index (χ3v) is 4.49. The van der Waals surface area contributed by atoms with E-state index in [1.54, 1.807) is 18.2 Å². The summed E-state index contributed by atoms with van der Waals surface area (Å²) in [6.45, 7) is 1.52. The summed E-state index contributed by atoms with van der Waals surface area (Å²) >= 11 is 0. The van der Waals surface area contributed by atoms with Crippen LogP contribution in [0.3, 0.4) is 0 Å². The predicted octanol–water partition coefficient (Wildman–Crippen LogP) is 2.81. The minimum Gasteiger partial charge on any atom is -0.345 e. The molecule has 0 atom stereocenters. The van der Waals surface area contributed by atoms with Crippen molar-refractivity contribution in [1.29, 1.82) is 0 Å². The lowest BCUT2D eigenvalue weighted by Crippen LogP contribution is -2.13. The average molecular weight is 305 g/mol. The van der Waals surface area contributed by atoms with Gasteiger partial charge in [-0.05, 0) is 48.9 Å². The number of anilines is 1. The maximum absolute atomic E-state index is 13.2. The number of aromatic amines is 1. The molecule has 0 saturated heterocycles. The third-order valence-electron chi connectivity index (χ3n) is 3.11. The van der Waals surface area contributed by atoms with Crippen LogP contribution in [0.1, 0.15) is 5.56 Å². The van der Waals surface area contributed by atoms with Gasteiger partial charge in [0.2, 0.25) is 0 Å². The van der Waals surface area contributed by atoms with Gasteiger partial charge in [0.1, 0.15) is 5.82 Å². The molecule has 1 aromatic heterocycles. The summed E-state index contributed by atoms with van der Waals surface area (Å²) in [5.74, 6) is -0.437. The first-order chi connectivity index (χ1) is 9.95. The highest BCUT2D eigenvalue weighted by Crippen LogP contribution is 2.21. The molecule has 0 radical (unpaired) electrons. The summed E-state index contributed by atoms with van der Waals surface area (Å²) in [6, 6.07) is 8.65. The topological polar surface area (TPSA) is 74.8 Å². The maximum Gasteiger partial charge on any atom is 0.261 e. The molecule has 3 aromatic rings. The zero-order valence-corrected chi connectivity index (χ0v) is 11.9. The van der Waals surface area contributed by atoms with E-state index in [-0.39, 0.29) is 10.5 Å². The van der Waals surface area contributed by atoms with Gasteiger partial charge in [0.15, 0.2) is 0 Å². The highest BCUT2D eigenvalue weighted by Gasteiger charge is 2.15. The largest absolute Gasteiger partial charge is 0.345 e. The van der Waals surface area contributed by atoms with Crippen LogP contribution in [-0.2, 0) is 10.0 Å². The second kappa shape index (κ2) is 4.85. The van der Waals surface area contributed by atoms with Gasteiger partial charge in [-0.1, -0.05) is 0 Å². The van der Waals surface area contributed by atoms with Gasteiger partial charge in [-0.2, -0.15) is 0 Å². The highest BCUT2D eigenvalue weighted by molar-refractivity contribution is 7.92. The highest BCUT2D eigenvalue weighted by atomic mass is 32.2. The van der Waals surface area contributed by atoms with E-state index in [4.69, 9.17) is 0 Å². The Morgan fingerprint density at radius 2 is 2.00 bits per heavy atom. The number of fused-ring (bicyclic) bond motifs is 1. The van der Waals surface area contributed by atoms with E-state index >= 15 is 0 Å². The summed E-state index contributed by atoms with van der Waals surface area (Å²) < 4.78 is 40.3. The molecule has 0 fully saturated rings. The van der Waals surface area contributed by atoms with Gasteiger partial charge in [0, 0.05) is 0 Å². The second-order valence-electron chi connectivity index (χ2n) is 4.65. The Balaban J connectivity index is 1.96. The molecule has 2 N–H and O–H groups in total. The van der Waals surface area contributed by atoms with Crippen LogP contribution in [0, 0.1) is 12.7 Å². The SMILES string of the molecule is Cc1cc(S(=O)(=O)Nc2ccc3nc[nH]c3c2)ccc1F. The third kappa shape index (κ3) is 2.59. The molecular weight excluding hydrogens is 293 g/mol. The number of nitrogens with one attached hydrogen (secondary N) is 2. The molecule has 7 heteroatoms. The van der Waals surface area contributed by atoms with Crippen LogP contribution in [0.5, 0.6) is 0 Å². The first kappa shape index (κ1) is 13.6. The van der Waals surface area contributed by atoms with Crippen molar-refractivity contribution in [2.24, 2.45) is 0 Å². The average Bonchev–Trinajstić information content (AvgIpc) is 2.88. The molecule has 0 aliphatic carbocycles. The summed E-state index contributed by atoms with van der Waals surface area (Å²) in [4.78, 5) is 6.99. The molecular formula is C14H12FN3O2S. The van der Waals surface area contributed by atoms with E-state index in [1.165, 1.54) is 25.4 Å². The number of aryl methyl sites for hydroxylation is 1. The maximum atomic E-state index is 13.2. The van der Waals surface area contributed by atoms with Crippen molar-refractivity contribution in [3.05, 3.63) is 54.1 Å². The number of nitrogens with zero attached hydrogens (tertiary/aromatic N) is 1. The first-order valence-corrected chi connectivity index (χ1v) is 7.66. The fourth-order valence-electron chi connectivity index (χ4n) is 2.00. The van der Waals surface area contributed by atoms with Crippen molar-refractivity contribution in [1.82, 2.24) is 9.97 Å². The van der Waals surface area contributed by atoms with Crippen LogP contribution in [0.15, 0.2) is 47.6 Å². The van der Waals surface area contributed by atoms with Crippen molar-refractivity contribution >= 4 is 26.7 Å². The number of rotatable bonds is 3. The monoisotopic (exact) mass is 305 g/mol. The summed E-state index contributed by atoms with van der Waals surface area (Å²) in [5.41, 5.74) is 2.16. The molecule has 0 aliphatic rings. The molecule has 108 valence electrons. The molecule has 3 rings (SSSR count). The van der Waals surface area contributed by atoms with Crippen LogP contribution < -0.4 is 4.72 Å². The van der Waals surface area contributed by atoms with Gasteiger partial charge >= 0.3 is 0 Å². The standard InChI is InChI=1S/C14H12FN3O2S/c1-9-6-11(3-4-12(9)15)21(19,20)18-10-2-5-13-14(7-10)17-8-16-13/h2-8,18H,1H3,(H,16,17). The molecule has 0 aliphatic heterocycles. The number of hydrogen-bond donors (Lipinski definition) is 2. The lowest BCUT2D eigenvalue weighted by Gasteiger charge is -2.09. The number of imidazole rings is 1. The van der Waals surface area contributed by atoms with E-state index in [0.717, 1.165) is 17.1 Å². The first-order valence-electron chi connectivity index (χ1n) is 6.18. The predicted molar refractivity (Wildman–Crippen MR) is 78.0 cm³/mol. The van der Waals surface area contributed by atoms with Crippen molar-refractivity contribution in [3.8, 4) is 0 Å². The van der Waals surface area contributed by atoms with E-state index in [9.17, 15) is 12.8 Å². The lowest BCUT2D eigenvalue weighted by molar-refractivity contribution is 0.598. The van der Waals surface area contributed by atoms with Crippen LogP contribution in [0.4, 0.5) is 10.1 Å². The van der Waals surface area contributed by atoms with Crippen LogP contribution in [0.2, 0.25) is 0 Å². The Morgan fingerprint density at radius 3 is 2.76 bits per heavy atom. The summed E-state index contributed by atoms with van der Waals surface area (Å²) in [7, 11) is -3.76. The van der Waals surface area contributed by atoms with Gasteiger partial charge in [0.25, 0.3) is 10.0 Å². The zero-order chi connectivity index (χ0) is 15.0. The smallest absolute Gasteiger partial charge is 0.261 e. The van der Waals surface area contributed by atoms with Crippen molar-refractivity contribution in [3.63, 3.8) is 0 Å². The van der Waals surface area contributed by atoms with E-state index in [0.29, 0.717) is 5.69 Å². The van der Waals surface area contributed by atoms with Gasteiger partial charge in [-0.3, -0.25) is 4.72 Å². The fraction of sp³-hybridized carbons (Fsp3) is 0.0714. The number of sulfonamides is 1. The molecule has 5 nitrogen and oxygen atoms in total. The molecule has 21 heavy (non-hydrogen) atoms. The van der Waals surface area contributed by atoms with Crippen LogP contribution >= 0.6 is 0 Å². The van der Waals surface area contributed by atoms with Crippen molar-refractivity contribution in [2.45, 2.75) is 11.8 Å². The Kier molecular flexibility index (Phi) is 3.13. The van der Waals surface area contributed by atoms with Gasteiger partial charge in [0.05, 0.1) is 27.9 Å². The number of hydrogen-bond acceptors (Lipinski definition) is 3. The van der Waals surface area contributed by atoms with Gasteiger partial charge in [-0.15, -0.1) is 0 Å². The second-order valence-corrected chi connectivity index (χ2v) is 6.33. The normalized spacial score (nSPS) is 11.7. The summed E-state index contributed by atoms with van der Waals surface area (Å²) in [5, 5.41) is 0. The number of halogens is 1. The quantitative estimate of drug-likeness (QED) is 0.781. The van der Waals surface area contributed by atoms with Gasteiger partial charge in [-0.25, -0.2) is 17.8 Å². The molecule has 1 heterocycles. The lowest BCUT2D eigenvalue weighted by atomic mass is 10.2. The molecule has 0 amide bonds. The minimum atomic E-state index is -3.76. The molecule has 0 spiro atoms. The Labute approximate surface area is 120 Å². The van der Waals surface area contributed by atoms with Crippen molar-refractivity contribution < 1.29 is 12.8 Å². The Morgan fingerprint density at radius 1 is 1.19 bits per heavy atom. The van der Waals surface area contributed by atoms with Crippen LogP contribution in [-0.4, -0.2) is 18.4 Å². The van der Waals surface area contributed by atoms with Crippen LogP contribution in [0.25, 0.3) is 11.0 Å². The minimum absolute atomic E-state index is 0.0195. The number of aromatic nitrogens is 2. The van der Waals surface area contributed by atoms with Crippen molar-refractivity contribution in [2.75, 3.05) is 4.72 Å². The van der Waals surface area contributed by atoms with Gasteiger partial charge < -0.3 is 4.98 Å². The van der Waals surface area contributed by atoms with E-state index < -0.39 is 15.8 Å². The zero-order valence-electron chi connectivity index (χ0n) is 11.1. The van der Waals surface area contributed by atoms with E-state index in [2.05, 4.69) is 14.7 Å². The molecule has 0 unspecified atom stereocenters. The molecule has 0 saturated carbocycles. The number of benzene rings is 2.